The second-order valence-corrected chi connectivity index (χ2v) is 10.3. The van der Waals surface area contributed by atoms with E-state index >= 15 is 0 Å². The van der Waals surface area contributed by atoms with Crippen LogP contribution in [0.25, 0.3) is 11.0 Å². The standard InChI is InChI=1S/C7H6N2.C5H13O14P3/c1-2-4-7-6(3-1)8-5-9-7;6-3-2(17-5(8)4(3)7)1-16-21(12,13)19-22(14,15)18-20(9,10)11/h1-5H,(H,8,9);2-8H,1H2,(H,12,13)(H,14,15)(H2,9,10,11)/t;2-,3-,4-,5?/m.1/s1. The van der Waals surface area contributed by atoms with Crippen LogP contribution in [0, 0.1) is 0 Å². The summed E-state index contributed by atoms with van der Waals surface area (Å²) in [7, 11) is -16.5. The lowest BCUT2D eigenvalue weighted by Gasteiger charge is -2.18. The Morgan fingerprint density at radius 3 is 2.16 bits per heavy atom. The fourth-order valence-corrected chi connectivity index (χ4v) is 5.25. The molecule has 1 aromatic heterocycles. The van der Waals surface area contributed by atoms with Gasteiger partial charge in [-0.15, -0.1) is 0 Å². The molecular formula is C12H19N2O14P3. The summed E-state index contributed by atoms with van der Waals surface area (Å²) in [5.74, 6) is 0. The van der Waals surface area contributed by atoms with Crippen molar-refractivity contribution < 1.29 is 66.5 Å². The van der Waals surface area contributed by atoms with Crippen LogP contribution in [-0.2, 0) is 31.6 Å². The lowest BCUT2D eigenvalue weighted by atomic mass is 10.1. The van der Waals surface area contributed by atoms with Crippen LogP contribution < -0.4 is 0 Å². The van der Waals surface area contributed by atoms with Gasteiger partial charge < -0.3 is 44.6 Å². The van der Waals surface area contributed by atoms with Crippen molar-refractivity contribution in [2.24, 2.45) is 0 Å². The number of para-hydroxylation sites is 2. The summed E-state index contributed by atoms with van der Waals surface area (Å²) < 4.78 is 48.3. The number of nitrogens with one attached hydrogen (secondary N) is 1. The van der Waals surface area contributed by atoms with Gasteiger partial charge in [0.1, 0.15) is 18.3 Å². The third-order valence-electron chi connectivity index (χ3n) is 3.48. The number of rotatable bonds is 7. The molecular weight excluding hydrogens is 489 g/mol. The first kappa shape index (κ1) is 26.2. The summed E-state index contributed by atoms with van der Waals surface area (Å²) in [4.78, 5) is 41.6. The molecule has 1 fully saturated rings. The molecule has 6 atom stereocenters. The van der Waals surface area contributed by atoms with E-state index in [1.165, 1.54) is 0 Å². The zero-order chi connectivity index (χ0) is 23.4. The van der Waals surface area contributed by atoms with Crippen LogP contribution >= 0.6 is 23.5 Å². The first-order valence-corrected chi connectivity index (χ1v) is 12.6. The first-order valence-electron chi connectivity index (χ1n) is 8.05. The molecule has 0 amide bonds. The summed E-state index contributed by atoms with van der Waals surface area (Å²) in [6.07, 6.45) is -4.97. The number of aromatic nitrogens is 2. The Kier molecular flexibility index (Phi) is 8.66. The molecule has 19 heteroatoms. The van der Waals surface area contributed by atoms with Crippen LogP contribution in [0.2, 0.25) is 0 Å². The molecule has 8 N–H and O–H groups in total. The van der Waals surface area contributed by atoms with E-state index in [0.29, 0.717) is 0 Å². The second kappa shape index (κ2) is 10.3. The highest BCUT2D eigenvalue weighted by Gasteiger charge is 2.45. The van der Waals surface area contributed by atoms with Crippen LogP contribution in [0.5, 0.6) is 0 Å². The van der Waals surface area contributed by atoms with Crippen LogP contribution in [0.1, 0.15) is 0 Å². The average molecular weight is 508 g/mol. The van der Waals surface area contributed by atoms with Gasteiger partial charge in [0.05, 0.1) is 24.0 Å². The van der Waals surface area contributed by atoms with Gasteiger partial charge >= 0.3 is 23.5 Å². The summed E-state index contributed by atoms with van der Waals surface area (Å²) in [6, 6.07) is 7.94. The number of hydrogen-bond acceptors (Lipinski definition) is 11. The minimum absolute atomic E-state index is 0.973. The number of imidazole rings is 1. The molecule has 2 aromatic rings. The Morgan fingerprint density at radius 1 is 0.968 bits per heavy atom. The van der Waals surface area contributed by atoms with Crippen molar-refractivity contribution in [1.82, 2.24) is 9.97 Å². The van der Waals surface area contributed by atoms with E-state index in [4.69, 9.17) is 29.8 Å². The Balaban J connectivity index is 0.000000309. The van der Waals surface area contributed by atoms with Crippen molar-refractivity contribution in [2.45, 2.75) is 24.6 Å². The largest absolute Gasteiger partial charge is 0.490 e. The average Bonchev–Trinajstić information content (AvgIpc) is 3.18. The first-order chi connectivity index (χ1) is 14.2. The maximum absolute atomic E-state index is 11.3. The Morgan fingerprint density at radius 2 is 1.61 bits per heavy atom. The van der Waals surface area contributed by atoms with Gasteiger partial charge in [-0.25, -0.2) is 18.7 Å². The van der Waals surface area contributed by atoms with E-state index in [2.05, 4.69) is 27.8 Å². The monoisotopic (exact) mass is 508 g/mol. The van der Waals surface area contributed by atoms with E-state index in [0.717, 1.165) is 11.0 Å². The molecule has 176 valence electrons. The third-order valence-corrected chi connectivity index (χ3v) is 7.29. The van der Waals surface area contributed by atoms with Crippen LogP contribution in [0.15, 0.2) is 30.6 Å². The predicted molar refractivity (Wildman–Crippen MR) is 98.8 cm³/mol. The van der Waals surface area contributed by atoms with Crippen molar-refractivity contribution in [1.29, 1.82) is 0 Å². The van der Waals surface area contributed by atoms with Crippen LogP contribution in [-0.4, -0.2) is 76.1 Å². The molecule has 16 nitrogen and oxygen atoms in total. The van der Waals surface area contributed by atoms with Gasteiger partial charge in [0.15, 0.2) is 6.29 Å². The molecule has 0 aliphatic carbocycles. The molecule has 0 saturated carbocycles. The van der Waals surface area contributed by atoms with Crippen molar-refractivity contribution in [3.8, 4) is 0 Å². The van der Waals surface area contributed by atoms with Gasteiger partial charge in [-0.2, -0.15) is 8.62 Å². The smallest absolute Gasteiger partial charge is 0.387 e. The number of hydrogen-bond donors (Lipinski definition) is 8. The molecule has 3 unspecified atom stereocenters. The minimum atomic E-state index is -5.64. The van der Waals surface area contributed by atoms with Crippen LogP contribution in [0.4, 0.5) is 0 Å². The number of ether oxygens (including phenoxy) is 1. The van der Waals surface area contributed by atoms with E-state index in [1.54, 1.807) is 6.33 Å². The maximum Gasteiger partial charge on any atom is 0.490 e. The van der Waals surface area contributed by atoms with Crippen LogP contribution in [0.3, 0.4) is 0 Å². The van der Waals surface area contributed by atoms with E-state index < -0.39 is 54.7 Å². The molecule has 1 saturated heterocycles. The van der Waals surface area contributed by atoms with Gasteiger partial charge in [0.25, 0.3) is 0 Å². The summed E-state index contributed by atoms with van der Waals surface area (Å²) in [5.41, 5.74) is 2.12. The Bertz CT molecular complexity index is 979. The van der Waals surface area contributed by atoms with Gasteiger partial charge in [-0.3, -0.25) is 4.52 Å². The zero-order valence-electron chi connectivity index (χ0n) is 15.2. The molecule has 0 radical (unpaired) electrons. The minimum Gasteiger partial charge on any atom is -0.387 e. The molecule has 0 spiro atoms. The molecule has 0 bridgehead atoms. The predicted octanol–water partition coefficient (Wildman–Crippen LogP) is -0.668. The highest BCUT2D eigenvalue weighted by atomic mass is 31.3. The number of phosphoric ester groups is 1. The zero-order valence-corrected chi connectivity index (χ0v) is 17.9. The van der Waals surface area contributed by atoms with Gasteiger partial charge in [-0.05, 0) is 12.1 Å². The lowest BCUT2D eigenvalue weighted by Crippen LogP contribution is -2.34. The number of benzene rings is 1. The molecule has 31 heavy (non-hydrogen) atoms. The molecule has 3 rings (SSSR count). The number of H-pyrrole nitrogens is 1. The fraction of sp³-hybridized carbons (Fsp3) is 0.417. The summed E-state index contributed by atoms with van der Waals surface area (Å²) >= 11 is 0. The number of fused-ring (bicyclic) bond motifs is 1. The third kappa shape index (κ3) is 8.42. The normalized spacial score (nSPS) is 27.8. The topological polar surface area (TPSA) is 258 Å². The number of aliphatic hydroxyl groups is 3. The SMILES string of the molecule is O=P(O)(O)OP(=O)(O)OP(=O)(O)OC[C@H]1OC(O)[C@H](O)[C@@H]1O.c1ccc2[nH]cnc2c1. The number of phosphoric acid groups is 3. The highest BCUT2D eigenvalue weighted by Crippen LogP contribution is 2.66. The molecule has 1 aliphatic rings. The van der Waals surface area contributed by atoms with E-state index in [-0.39, 0.29) is 0 Å². The van der Waals surface area contributed by atoms with Gasteiger partial charge in [0.2, 0.25) is 0 Å². The number of nitrogens with zero attached hydrogens (tertiary/aromatic N) is 1. The second-order valence-electron chi connectivity index (χ2n) is 5.85. The Hall–Kier alpha value is -1.06. The molecule has 2 heterocycles. The quantitative estimate of drug-likeness (QED) is 0.216. The fourth-order valence-electron chi connectivity index (χ4n) is 2.22. The number of aliphatic hydroxyl groups excluding tert-OH is 3. The highest BCUT2D eigenvalue weighted by molar-refractivity contribution is 7.66. The Labute approximate surface area is 173 Å². The van der Waals surface area contributed by atoms with E-state index in [1.807, 2.05) is 24.3 Å². The van der Waals surface area contributed by atoms with E-state index in [9.17, 15) is 18.8 Å². The van der Waals surface area contributed by atoms with Crippen molar-refractivity contribution >= 4 is 34.5 Å². The van der Waals surface area contributed by atoms with Gasteiger partial charge in [0, 0.05) is 0 Å². The molecule has 1 aliphatic heterocycles. The van der Waals surface area contributed by atoms with Crippen molar-refractivity contribution in [3.05, 3.63) is 30.6 Å². The maximum atomic E-state index is 11.3. The lowest BCUT2D eigenvalue weighted by molar-refractivity contribution is -0.132. The number of aromatic amines is 1. The summed E-state index contributed by atoms with van der Waals surface area (Å²) in [5, 5.41) is 27.5. The van der Waals surface area contributed by atoms with Crippen molar-refractivity contribution in [3.63, 3.8) is 0 Å². The van der Waals surface area contributed by atoms with Crippen molar-refractivity contribution in [2.75, 3.05) is 6.61 Å². The molecule has 1 aromatic carbocycles. The van der Waals surface area contributed by atoms with Gasteiger partial charge in [-0.1, -0.05) is 12.1 Å². The summed E-state index contributed by atoms with van der Waals surface area (Å²) in [6.45, 7) is -0.973.